The number of carbonyl (C=O) groups is 3. The monoisotopic (exact) mass is 616 g/mol. The number of thioether (sulfide) groups is 1. The molecule has 0 saturated heterocycles. The van der Waals surface area contributed by atoms with Gasteiger partial charge in [-0.1, -0.05) is 60.7 Å². The average Bonchev–Trinajstić information content (AvgIpc) is 3.05. The lowest BCUT2D eigenvalue weighted by Gasteiger charge is -2.13. The first-order chi connectivity index (χ1) is 21.8. The third-order valence-corrected chi connectivity index (χ3v) is 7.84. The Hall–Kier alpha value is -5.74. The van der Waals surface area contributed by atoms with Crippen molar-refractivity contribution in [2.75, 3.05) is 16.4 Å². The number of anilines is 2. The number of non-ortho nitro benzene ring substituents is 1. The molecule has 45 heavy (non-hydrogen) atoms. The van der Waals surface area contributed by atoms with Crippen LogP contribution < -0.4 is 16.0 Å². The number of nitrogens with one attached hydrogen (secondary N) is 3. The molecule has 0 fully saturated rings. The van der Waals surface area contributed by atoms with Crippen molar-refractivity contribution in [3.05, 3.63) is 148 Å². The normalized spacial score (nSPS) is 11.1. The van der Waals surface area contributed by atoms with E-state index in [4.69, 9.17) is 0 Å². The van der Waals surface area contributed by atoms with Crippen molar-refractivity contribution in [2.24, 2.45) is 0 Å². The van der Waals surface area contributed by atoms with Gasteiger partial charge in [0.1, 0.15) is 5.70 Å². The van der Waals surface area contributed by atoms with Crippen molar-refractivity contribution in [3.63, 3.8) is 0 Å². The molecule has 0 bridgehead atoms. The molecule has 0 aromatic heterocycles. The summed E-state index contributed by atoms with van der Waals surface area (Å²) in [7, 11) is 0. The standard InChI is InChI=1S/C35H28N4O5S/c1-23-20-28(39(43)44)16-19-31(23)37-33(40)22-45-29-17-14-27(15-18-29)36-35(42)32(38-34(41)25-9-3-2-4-10-25)21-26-12-7-11-24-8-5-6-13-30(24)26/h2-21H,22H2,1H3,(H,36,42)(H,37,40)(H,38,41)/b32-21-. The van der Waals surface area contributed by atoms with Crippen molar-refractivity contribution < 1.29 is 19.3 Å². The first-order valence-electron chi connectivity index (χ1n) is 13.9. The van der Waals surface area contributed by atoms with Crippen LogP contribution in [0.2, 0.25) is 0 Å². The van der Waals surface area contributed by atoms with Gasteiger partial charge >= 0.3 is 0 Å². The minimum absolute atomic E-state index is 0.0400. The smallest absolute Gasteiger partial charge is 0.272 e. The van der Waals surface area contributed by atoms with Crippen LogP contribution in [0.3, 0.4) is 0 Å². The number of aryl methyl sites for hydroxylation is 1. The van der Waals surface area contributed by atoms with Crippen LogP contribution in [-0.4, -0.2) is 28.4 Å². The molecule has 0 aliphatic heterocycles. The van der Waals surface area contributed by atoms with Gasteiger partial charge in [0, 0.05) is 34.0 Å². The largest absolute Gasteiger partial charge is 0.325 e. The molecule has 0 heterocycles. The number of rotatable bonds is 10. The summed E-state index contributed by atoms with van der Waals surface area (Å²) >= 11 is 1.30. The van der Waals surface area contributed by atoms with Gasteiger partial charge in [0.25, 0.3) is 17.5 Å². The molecule has 0 spiro atoms. The Morgan fingerprint density at radius 3 is 2.27 bits per heavy atom. The fraction of sp³-hybridized carbons (Fsp3) is 0.0571. The van der Waals surface area contributed by atoms with Gasteiger partial charge < -0.3 is 16.0 Å². The minimum Gasteiger partial charge on any atom is -0.325 e. The third-order valence-electron chi connectivity index (χ3n) is 6.83. The molecule has 0 saturated carbocycles. The Kier molecular flexibility index (Phi) is 9.66. The second kappa shape index (κ2) is 14.2. The molecule has 5 aromatic rings. The lowest BCUT2D eigenvalue weighted by atomic mass is 10.0. The maximum absolute atomic E-state index is 13.5. The number of fused-ring (bicyclic) bond motifs is 1. The van der Waals surface area contributed by atoms with Gasteiger partial charge in [-0.25, -0.2) is 0 Å². The highest BCUT2D eigenvalue weighted by atomic mass is 32.2. The molecule has 9 nitrogen and oxygen atoms in total. The maximum atomic E-state index is 13.5. The van der Waals surface area contributed by atoms with E-state index in [1.54, 1.807) is 61.5 Å². The zero-order valence-corrected chi connectivity index (χ0v) is 25.0. The summed E-state index contributed by atoms with van der Waals surface area (Å²) < 4.78 is 0. The van der Waals surface area contributed by atoms with E-state index in [0.29, 0.717) is 22.5 Å². The second-order valence-corrected chi connectivity index (χ2v) is 11.1. The number of nitro benzene ring substituents is 1. The van der Waals surface area contributed by atoms with Crippen molar-refractivity contribution in [1.82, 2.24) is 5.32 Å². The summed E-state index contributed by atoms with van der Waals surface area (Å²) in [6, 6.07) is 33.5. The van der Waals surface area contributed by atoms with Crippen LogP contribution in [-0.2, 0) is 9.59 Å². The Labute approximate surface area is 263 Å². The van der Waals surface area contributed by atoms with Gasteiger partial charge in [-0.3, -0.25) is 24.5 Å². The molecule has 0 aliphatic carbocycles. The first kappa shape index (κ1) is 30.7. The molecule has 0 radical (unpaired) electrons. The van der Waals surface area contributed by atoms with Gasteiger partial charge in [0.05, 0.1) is 10.7 Å². The highest BCUT2D eigenvalue weighted by Crippen LogP contribution is 2.25. The number of carbonyl (C=O) groups excluding carboxylic acids is 3. The molecule has 224 valence electrons. The van der Waals surface area contributed by atoms with Gasteiger partial charge in [0.15, 0.2) is 0 Å². The van der Waals surface area contributed by atoms with Crippen LogP contribution in [0.5, 0.6) is 0 Å². The molecule has 10 heteroatoms. The molecular formula is C35H28N4O5S. The summed E-state index contributed by atoms with van der Waals surface area (Å²) in [6.07, 6.45) is 1.66. The Bertz CT molecular complexity index is 1920. The first-order valence-corrected chi connectivity index (χ1v) is 14.9. The zero-order chi connectivity index (χ0) is 31.8. The summed E-state index contributed by atoms with van der Waals surface area (Å²) in [5, 5.41) is 21.3. The lowest BCUT2D eigenvalue weighted by Crippen LogP contribution is -2.30. The van der Waals surface area contributed by atoms with Crippen LogP contribution in [0.15, 0.2) is 126 Å². The van der Waals surface area contributed by atoms with E-state index in [9.17, 15) is 24.5 Å². The van der Waals surface area contributed by atoms with Crippen molar-refractivity contribution in [1.29, 1.82) is 0 Å². The average molecular weight is 617 g/mol. The molecule has 0 unspecified atom stereocenters. The Morgan fingerprint density at radius 1 is 0.822 bits per heavy atom. The lowest BCUT2D eigenvalue weighted by molar-refractivity contribution is -0.384. The number of hydrogen-bond acceptors (Lipinski definition) is 6. The van der Waals surface area contributed by atoms with Gasteiger partial charge in [-0.15, -0.1) is 11.8 Å². The molecule has 3 N–H and O–H groups in total. The molecular weight excluding hydrogens is 588 g/mol. The van der Waals surface area contributed by atoms with E-state index in [2.05, 4.69) is 16.0 Å². The van der Waals surface area contributed by atoms with Gasteiger partial charge in [-0.05, 0) is 77.4 Å². The molecule has 5 rings (SSSR count). The topological polar surface area (TPSA) is 130 Å². The van der Waals surface area contributed by atoms with E-state index in [-0.39, 0.29) is 23.0 Å². The number of amides is 3. The van der Waals surface area contributed by atoms with E-state index in [1.807, 2.05) is 48.5 Å². The number of hydrogen-bond donors (Lipinski definition) is 3. The highest BCUT2D eigenvalue weighted by Gasteiger charge is 2.16. The summed E-state index contributed by atoms with van der Waals surface area (Å²) in [4.78, 5) is 50.3. The maximum Gasteiger partial charge on any atom is 0.272 e. The van der Waals surface area contributed by atoms with Crippen LogP contribution >= 0.6 is 11.8 Å². The van der Waals surface area contributed by atoms with Crippen LogP contribution in [0.25, 0.3) is 16.8 Å². The van der Waals surface area contributed by atoms with E-state index < -0.39 is 16.7 Å². The Morgan fingerprint density at radius 2 is 1.53 bits per heavy atom. The predicted octanol–water partition coefficient (Wildman–Crippen LogP) is 7.20. The molecule has 3 amide bonds. The predicted molar refractivity (Wildman–Crippen MR) is 178 cm³/mol. The molecule has 0 aliphatic rings. The SMILES string of the molecule is Cc1cc([N+](=O)[O-])ccc1NC(=O)CSc1ccc(NC(=O)/C(=C/c2cccc3ccccc23)NC(=O)c2ccccc2)cc1. The number of nitro groups is 1. The second-order valence-electron chi connectivity index (χ2n) is 10.0. The van der Waals surface area contributed by atoms with Crippen LogP contribution in [0.1, 0.15) is 21.5 Å². The Balaban J connectivity index is 1.27. The van der Waals surface area contributed by atoms with E-state index >= 15 is 0 Å². The van der Waals surface area contributed by atoms with Crippen molar-refractivity contribution in [2.45, 2.75) is 11.8 Å². The highest BCUT2D eigenvalue weighted by molar-refractivity contribution is 8.00. The fourth-order valence-electron chi connectivity index (χ4n) is 4.54. The van der Waals surface area contributed by atoms with Crippen molar-refractivity contribution >= 4 is 63.4 Å². The van der Waals surface area contributed by atoms with E-state index in [1.165, 1.54) is 30.0 Å². The molecule has 5 aromatic carbocycles. The summed E-state index contributed by atoms with van der Waals surface area (Å²) in [6.45, 7) is 1.69. The summed E-state index contributed by atoms with van der Waals surface area (Å²) in [5.74, 6) is -1.05. The third kappa shape index (κ3) is 8.01. The van der Waals surface area contributed by atoms with Crippen LogP contribution in [0, 0.1) is 17.0 Å². The number of benzene rings is 5. The van der Waals surface area contributed by atoms with Crippen molar-refractivity contribution in [3.8, 4) is 0 Å². The summed E-state index contributed by atoms with van der Waals surface area (Å²) in [5.41, 5.74) is 2.85. The molecule has 0 atom stereocenters. The zero-order valence-electron chi connectivity index (χ0n) is 24.2. The van der Waals surface area contributed by atoms with Gasteiger partial charge in [-0.2, -0.15) is 0 Å². The fourth-order valence-corrected chi connectivity index (χ4v) is 5.24. The van der Waals surface area contributed by atoms with E-state index in [0.717, 1.165) is 21.2 Å². The van der Waals surface area contributed by atoms with Crippen LogP contribution in [0.4, 0.5) is 17.1 Å². The van der Waals surface area contributed by atoms with Gasteiger partial charge in [0.2, 0.25) is 5.91 Å². The number of nitrogens with zero attached hydrogens (tertiary/aromatic N) is 1. The quantitative estimate of drug-likeness (QED) is 0.0659. The minimum atomic E-state index is -0.495.